The van der Waals surface area contributed by atoms with Crippen molar-refractivity contribution in [2.24, 2.45) is 5.10 Å². The predicted molar refractivity (Wildman–Crippen MR) is 94.9 cm³/mol. The van der Waals surface area contributed by atoms with Crippen LogP contribution in [0.25, 0.3) is 0 Å². The fraction of sp³-hybridized carbons (Fsp3) is 0.154. The number of carbonyl (C=O) groups is 2. The molecule has 0 atom stereocenters. The molecule has 1 aromatic carbocycles. The molecule has 0 saturated heterocycles. The lowest BCUT2D eigenvalue weighted by atomic mass is 10.1. The molecule has 0 aliphatic carbocycles. The third-order valence-corrected chi connectivity index (χ3v) is 4.36. The number of hydrazine groups is 2. The number of nitrogens with one attached hydrogen (secondary N) is 4. The molecule has 2 heterocycles. The number of anilines is 1. The average Bonchev–Trinajstić information content (AvgIpc) is 3.30. The molecule has 1 aliphatic rings. The lowest BCUT2D eigenvalue weighted by Crippen LogP contribution is -2.45. The largest absolute Gasteiger partial charge is 0.433 e. The second-order valence-corrected chi connectivity index (χ2v) is 6.26. The van der Waals surface area contributed by atoms with Crippen LogP contribution in [0.2, 0.25) is 5.02 Å². The molecule has 2 aromatic rings. The summed E-state index contributed by atoms with van der Waals surface area (Å²) in [4.78, 5) is 24.7. The second kappa shape index (κ2) is 8.28. The van der Waals surface area contributed by atoms with E-state index in [4.69, 9.17) is 11.6 Å². The Morgan fingerprint density at radius 1 is 1.32 bits per heavy atom. The minimum atomic E-state index is -3.17. The van der Waals surface area contributed by atoms with Crippen molar-refractivity contribution in [3.8, 4) is 5.75 Å². The number of ether oxygens (including phenoxy) is 1. The zero-order valence-electron chi connectivity index (χ0n) is 13.9. The van der Waals surface area contributed by atoms with E-state index in [0.29, 0.717) is 0 Å². The number of hydrogen-bond acceptors (Lipinski definition) is 10. The minimum Gasteiger partial charge on any atom is -0.433 e. The molecule has 28 heavy (non-hydrogen) atoms. The van der Waals surface area contributed by atoms with Gasteiger partial charge in [0.05, 0.1) is 10.6 Å². The fourth-order valence-corrected chi connectivity index (χ4v) is 2.78. The first-order chi connectivity index (χ1) is 13.4. The first-order valence-electron chi connectivity index (χ1n) is 7.35. The van der Waals surface area contributed by atoms with Gasteiger partial charge in [0.15, 0.2) is 5.75 Å². The number of hydrazone groups is 1. The van der Waals surface area contributed by atoms with Gasteiger partial charge in [0.2, 0.25) is 11.0 Å². The zero-order chi connectivity index (χ0) is 20.3. The minimum absolute atomic E-state index is 0.0343. The molecular formula is C13H11ClF2N8O3S. The van der Waals surface area contributed by atoms with Crippen molar-refractivity contribution < 1.29 is 23.1 Å². The molecule has 0 bridgehead atoms. The Balaban J connectivity index is 1.91. The molecule has 0 fully saturated rings. The number of guanidine groups is 1. The number of aromatic nitrogens is 2. The van der Waals surface area contributed by atoms with Gasteiger partial charge < -0.3 is 10.1 Å². The van der Waals surface area contributed by atoms with Gasteiger partial charge in [-0.3, -0.25) is 19.9 Å². The van der Waals surface area contributed by atoms with E-state index in [0.717, 1.165) is 17.4 Å². The molecule has 1 aromatic heterocycles. The number of halogens is 3. The maximum Gasteiger partial charge on any atom is 0.387 e. The van der Waals surface area contributed by atoms with Crippen molar-refractivity contribution in [2.75, 3.05) is 12.4 Å². The summed E-state index contributed by atoms with van der Waals surface area (Å²) in [7, 11) is 1.58. The van der Waals surface area contributed by atoms with Gasteiger partial charge in [0, 0.05) is 7.05 Å². The molecule has 148 valence electrons. The van der Waals surface area contributed by atoms with Crippen LogP contribution in [0.5, 0.6) is 5.75 Å². The van der Waals surface area contributed by atoms with Crippen LogP contribution in [0.3, 0.4) is 0 Å². The van der Waals surface area contributed by atoms with E-state index in [-0.39, 0.29) is 27.2 Å². The summed E-state index contributed by atoms with van der Waals surface area (Å²) in [5.41, 5.74) is 5.90. The standard InChI is InChI=1S/C13H11ClF2N8O3S/c1-24-13(21-22-23-24)19-9(25)5-2-3-6(27-12(15)16)8(7(5)14)18-10(26)11-20-17-4-28-11/h2-4,12,22-23H,1H3,(H,18,26)(H,19,21,25). The number of carbonyl (C=O) groups excluding carboxylic acids is 2. The molecule has 0 spiro atoms. The van der Waals surface area contributed by atoms with Crippen LogP contribution in [0.15, 0.2) is 22.7 Å². The van der Waals surface area contributed by atoms with E-state index in [9.17, 15) is 18.4 Å². The van der Waals surface area contributed by atoms with E-state index in [1.165, 1.54) is 16.6 Å². The van der Waals surface area contributed by atoms with Gasteiger partial charge in [-0.2, -0.15) is 8.78 Å². The van der Waals surface area contributed by atoms with E-state index in [1.54, 1.807) is 7.05 Å². The van der Waals surface area contributed by atoms with Crippen LogP contribution in [0.4, 0.5) is 14.5 Å². The summed E-state index contributed by atoms with van der Waals surface area (Å²) in [5, 5.41) is 16.7. The van der Waals surface area contributed by atoms with Crippen LogP contribution >= 0.6 is 22.9 Å². The Morgan fingerprint density at radius 3 is 2.71 bits per heavy atom. The maximum absolute atomic E-state index is 12.7. The SMILES string of the molecule is CN1NNN=C1NC(=O)c1ccc(OC(F)F)c(NC(=O)c2nncs2)c1Cl. The third-order valence-electron chi connectivity index (χ3n) is 3.28. The molecule has 4 N–H and O–H groups in total. The summed E-state index contributed by atoms with van der Waals surface area (Å²) < 4.78 is 29.8. The van der Waals surface area contributed by atoms with Gasteiger partial charge in [-0.25, -0.2) is 5.53 Å². The first kappa shape index (κ1) is 19.7. The van der Waals surface area contributed by atoms with Crippen molar-refractivity contribution in [3.05, 3.63) is 33.2 Å². The number of alkyl halides is 2. The topological polar surface area (TPSA) is 133 Å². The lowest BCUT2D eigenvalue weighted by Gasteiger charge is -2.16. The van der Waals surface area contributed by atoms with Crippen molar-refractivity contribution in [1.82, 2.24) is 31.6 Å². The van der Waals surface area contributed by atoms with Gasteiger partial charge in [-0.15, -0.1) is 20.8 Å². The van der Waals surface area contributed by atoms with E-state index in [1.807, 2.05) is 0 Å². The highest BCUT2D eigenvalue weighted by Gasteiger charge is 2.24. The molecule has 0 unspecified atom stereocenters. The van der Waals surface area contributed by atoms with E-state index in [2.05, 4.69) is 41.7 Å². The monoisotopic (exact) mass is 432 g/mol. The number of nitrogens with zero attached hydrogens (tertiary/aromatic N) is 4. The van der Waals surface area contributed by atoms with E-state index >= 15 is 0 Å². The number of rotatable bonds is 5. The molecule has 15 heteroatoms. The first-order valence-corrected chi connectivity index (χ1v) is 8.61. The number of benzene rings is 1. The maximum atomic E-state index is 12.7. The predicted octanol–water partition coefficient (Wildman–Crippen LogP) is 1.00. The van der Waals surface area contributed by atoms with Gasteiger partial charge in [-0.1, -0.05) is 22.9 Å². The Labute approximate surface area is 164 Å². The lowest BCUT2D eigenvalue weighted by molar-refractivity contribution is -0.0493. The molecule has 3 rings (SSSR count). The van der Waals surface area contributed by atoms with Gasteiger partial charge in [0.25, 0.3) is 11.8 Å². The van der Waals surface area contributed by atoms with Crippen molar-refractivity contribution in [2.45, 2.75) is 6.61 Å². The van der Waals surface area contributed by atoms with Crippen LogP contribution in [-0.2, 0) is 0 Å². The van der Waals surface area contributed by atoms with Crippen LogP contribution in [0.1, 0.15) is 20.2 Å². The summed E-state index contributed by atoms with van der Waals surface area (Å²) in [6.45, 7) is -3.17. The summed E-state index contributed by atoms with van der Waals surface area (Å²) in [6, 6.07) is 2.26. The smallest absolute Gasteiger partial charge is 0.387 e. The Morgan fingerprint density at radius 2 is 2.11 bits per heavy atom. The van der Waals surface area contributed by atoms with Gasteiger partial charge in [-0.05, 0) is 12.1 Å². The van der Waals surface area contributed by atoms with Crippen LogP contribution in [0, 0.1) is 0 Å². The van der Waals surface area contributed by atoms with Crippen molar-refractivity contribution in [1.29, 1.82) is 0 Å². The molecular weight excluding hydrogens is 422 g/mol. The highest BCUT2D eigenvalue weighted by Crippen LogP contribution is 2.36. The highest BCUT2D eigenvalue weighted by atomic mass is 35.5. The Bertz CT molecular complexity index is 927. The Hall–Kier alpha value is -3.10. The normalized spacial score (nSPS) is 13.2. The van der Waals surface area contributed by atoms with Gasteiger partial charge >= 0.3 is 6.61 Å². The third kappa shape index (κ3) is 4.24. The molecule has 0 radical (unpaired) electrons. The molecule has 2 amide bonds. The second-order valence-electron chi connectivity index (χ2n) is 5.05. The summed E-state index contributed by atoms with van der Waals surface area (Å²) in [5.74, 6) is -1.74. The molecule has 1 aliphatic heterocycles. The number of amides is 2. The average molecular weight is 433 g/mol. The fourth-order valence-electron chi connectivity index (χ4n) is 2.04. The van der Waals surface area contributed by atoms with E-state index < -0.39 is 24.2 Å². The highest BCUT2D eigenvalue weighted by molar-refractivity contribution is 7.11. The summed E-state index contributed by atoms with van der Waals surface area (Å²) >= 11 is 7.13. The van der Waals surface area contributed by atoms with Crippen molar-refractivity contribution in [3.63, 3.8) is 0 Å². The summed E-state index contributed by atoms with van der Waals surface area (Å²) in [6.07, 6.45) is 0. The van der Waals surface area contributed by atoms with Crippen molar-refractivity contribution >= 4 is 46.4 Å². The van der Waals surface area contributed by atoms with Crippen LogP contribution in [-0.4, -0.2) is 46.6 Å². The molecule has 11 nitrogen and oxygen atoms in total. The number of hydrogen-bond donors (Lipinski definition) is 4. The Kier molecular flexibility index (Phi) is 5.81. The zero-order valence-corrected chi connectivity index (χ0v) is 15.4. The quantitative estimate of drug-likeness (QED) is 0.550. The van der Waals surface area contributed by atoms with Crippen LogP contribution < -0.4 is 26.4 Å². The molecule has 0 saturated carbocycles. The van der Waals surface area contributed by atoms with Gasteiger partial charge in [0.1, 0.15) is 11.2 Å².